The average molecular weight is 413 g/mol. The largest absolute Gasteiger partial charge is 0.483 e. The van der Waals surface area contributed by atoms with E-state index in [0.717, 1.165) is 5.56 Å². The summed E-state index contributed by atoms with van der Waals surface area (Å²) in [5.74, 6) is 0.196. The zero-order valence-electron chi connectivity index (χ0n) is 16.8. The molecule has 1 atom stereocenters. The third kappa shape index (κ3) is 6.21. The highest BCUT2D eigenvalue weighted by Gasteiger charge is 2.24. The Balaban J connectivity index is 0.00000101. The number of hydrogen-bond acceptors (Lipinski definition) is 5. The smallest absolute Gasteiger partial charge is 0.290 e. The number of carbonyl (C=O) groups excluding carboxylic acids is 1. The van der Waals surface area contributed by atoms with Gasteiger partial charge in [0.15, 0.2) is 5.82 Å². The van der Waals surface area contributed by atoms with Crippen LogP contribution in [-0.2, 0) is 22.4 Å². The number of carbonyl (C=O) groups is 2. The Kier molecular flexibility index (Phi) is 8.18. The van der Waals surface area contributed by atoms with Gasteiger partial charge in [0.05, 0.1) is 18.2 Å². The molecule has 1 heterocycles. The predicted molar refractivity (Wildman–Crippen MR) is 109 cm³/mol. The number of aromatic nitrogens is 3. The minimum atomic E-state index is -0.498. The number of nitrogens with two attached hydrogens (primary N) is 1. The molecule has 3 aromatic rings. The first-order valence-electron chi connectivity index (χ1n) is 9.14. The molecule has 0 saturated carbocycles. The molecule has 30 heavy (non-hydrogen) atoms. The minimum Gasteiger partial charge on any atom is -0.483 e. The molecule has 0 aliphatic rings. The summed E-state index contributed by atoms with van der Waals surface area (Å²) < 4.78 is 15.0. The maximum Gasteiger partial charge on any atom is 0.290 e. The van der Waals surface area contributed by atoms with Crippen LogP contribution in [0.5, 0.6) is 0 Å². The van der Waals surface area contributed by atoms with Crippen LogP contribution in [-0.4, -0.2) is 51.2 Å². The molecule has 9 heteroatoms. The van der Waals surface area contributed by atoms with E-state index in [9.17, 15) is 9.18 Å². The van der Waals surface area contributed by atoms with Gasteiger partial charge in [-0.3, -0.25) is 14.5 Å². The zero-order chi connectivity index (χ0) is 22.1. The van der Waals surface area contributed by atoms with E-state index in [1.165, 1.54) is 12.1 Å². The quantitative estimate of drug-likeness (QED) is 0.573. The van der Waals surface area contributed by atoms with Crippen molar-refractivity contribution in [1.29, 1.82) is 0 Å². The first kappa shape index (κ1) is 22.7. The first-order chi connectivity index (χ1) is 14.3. The topological polar surface area (TPSA) is 114 Å². The second kappa shape index (κ2) is 10.8. The molecule has 1 amide bonds. The van der Waals surface area contributed by atoms with E-state index >= 15 is 0 Å². The molecule has 3 rings (SSSR count). The number of likely N-dealkylation sites (N-methyl/N-ethyl adjacent to an activating group) is 1. The van der Waals surface area contributed by atoms with E-state index in [2.05, 4.69) is 22.2 Å². The van der Waals surface area contributed by atoms with E-state index in [4.69, 9.17) is 15.6 Å². The van der Waals surface area contributed by atoms with E-state index in [0.29, 0.717) is 23.8 Å². The SMILES string of the molecule is CN(C)[C@@H](Cc1ccccc1)c1nc(CC(N)=O)nn1-c1ccc(F)cc1.O=CO. The van der Waals surface area contributed by atoms with Gasteiger partial charge in [0.25, 0.3) is 6.47 Å². The Morgan fingerprint density at radius 3 is 2.33 bits per heavy atom. The standard InChI is InChI=1S/C20H22FN5O.CH2O2/c1-25(2)17(12-14-6-4-3-5-7-14)20-23-19(13-18(22)27)24-26(20)16-10-8-15(21)9-11-16;2-1-3/h3-11,17H,12-13H2,1-2H3,(H2,22,27);1H,(H,2,3)/t17-;/m0./s1. The highest BCUT2D eigenvalue weighted by atomic mass is 19.1. The van der Waals surface area contributed by atoms with Crippen molar-refractivity contribution >= 4 is 12.4 Å². The van der Waals surface area contributed by atoms with Gasteiger partial charge in [0, 0.05) is 0 Å². The first-order valence-corrected chi connectivity index (χ1v) is 9.14. The van der Waals surface area contributed by atoms with Gasteiger partial charge in [-0.25, -0.2) is 14.1 Å². The molecule has 3 N–H and O–H groups in total. The summed E-state index contributed by atoms with van der Waals surface area (Å²) in [6, 6.07) is 16.0. The molecule has 1 aromatic heterocycles. The van der Waals surface area contributed by atoms with Gasteiger partial charge < -0.3 is 10.8 Å². The maximum atomic E-state index is 13.3. The molecule has 0 saturated heterocycles. The fourth-order valence-corrected chi connectivity index (χ4v) is 2.93. The number of nitrogens with zero attached hydrogens (tertiary/aromatic N) is 4. The molecule has 0 unspecified atom stereocenters. The second-order valence-corrected chi connectivity index (χ2v) is 6.69. The normalized spacial score (nSPS) is 11.5. The lowest BCUT2D eigenvalue weighted by molar-refractivity contribution is -0.123. The van der Waals surface area contributed by atoms with Crippen LogP contribution < -0.4 is 5.73 Å². The Labute approximate surface area is 173 Å². The maximum absolute atomic E-state index is 13.3. The molecule has 0 bridgehead atoms. The minimum absolute atomic E-state index is 0.0489. The van der Waals surface area contributed by atoms with Gasteiger partial charge in [0.2, 0.25) is 5.91 Å². The monoisotopic (exact) mass is 413 g/mol. The summed E-state index contributed by atoms with van der Waals surface area (Å²) in [6.45, 7) is -0.250. The van der Waals surface area contributed by atoms with E-state index < -0.39 is 5.91 Å². The number of amides is 1. The van der Waals surface area contributed by atoms with Crippen LogP contribution in [0.3, 0.4) is 0 Å². The summed E-state index contributed by atoms with van der Waals surface area (Å²) in [7, 11) is 3.93. The van der Waals surface area contributed by atoms with Crippen molar-refractivity contribution in [2.24, 2.45) is 5.73 Å². The summed E-state index contributed by atoms with van der Waals surface area (Å²) in [5.41, 5.74) is 7.14. The van der Waals surface area contributed by atoms with Crippen molar-refractivity contribution in [3.05, 3.63) is 77.6 Å². The molecule has 2 aromatic carbocycles. The molecule has 0 radical (unpaired) electrons. The van der Waals surface area contributed by atoms with Gasteiger partial charge in [-0.2, -0.15) is 5.10 Å². The van der Waals surface area contributed by atoms with Gasteiger partial charge >= 0.3 is 0 Å². The van der Waals surface area contributed by atoms with Crippen LogP contribution >= 0.6 is 0 Å². The van der Waals surface area contributed by atoms with Crippen molar-refractivity contribution in [3.8, 4) is 5.69 Å². The second-order valence-electron chi connectivity index (χ2n) is 6.69. The number of carboxylic acid groups (broad SMARTS) is 1. The van der Waals surface area contributed by atoms with Gasteiger partial charge in [0.1, 0.15) is 11.6 Å². The Hall–Kier alpha value is -3.59. The summed E-state index contributed by atoms with van der Waals surface area (Å²) in [6.07, 6.45) is 0.663. The van der Waals surface area contributed by atoms with Crippen molar-refractivity contribution < 1.29 is 19.1 Å². The molecule has 0 fully saturated rings. The van der Waals surface area contributed by atoms with E-state index in [-0.39, 0.29) is 24.8 Å². The van der Waals surface area contributed by atoms with Crippen molar-refractivity contribution in [3.63, 3.8) is 0 Å². The fraction of sp³-hybridized carbons (Fsp3) is 0.238. The van der Waals surface area contributed by atoms with Crippen LogP contribution in [0.4, 0.5) is 4.39 Å². The van der Waals surface area contributed by atoms with Gasteiger partial charge in [-0.15, -0.1) is 0 Å². The van der Waals surface area contributed by atoms with E-state index in [1.807, 2.05) is 37.2 Å². The van der Waals surface area contributed by atoms with Crippen molar-refractivity contribution in [1.82, 2.24) is 19.7 Å². The fourth-order valence-electron chi connectivity index (χ4n) is 2.93. The van der Waals surface area contributed by atoms with Crippen molar-refractivity contribution in [2.45, 2.75) is 18.9 Å². The van der Waals surface area contributed by atoms with Crippen molar-refractivity contribution in [2.75, 3.05) is 14.1 Å². The lowest BCUT2D eigenvalue weighted by Gasteiger charge is -2.24. The summed E-state index contributed by atoms with van der Waals surface area (Å²) in [5, 5.41) is 11.3. The lowest BCUT2D eigenvalue weighted by atomic mass is 10.0. The van der Waals surface area contributed by atoms with Gasteiger partial charge in [-0.1, -0.05) is 30.3 Å². The van der Waals surface area contributed by atoms with E-state index in [1.54, 1.807) is 16.8 Å². The number of halogens is 1. The molecule has 8 nitrogen and oxygen atoms in total. The predicted octanol–water partition coefficient (Wildman–Crippen LogP) is 1.98. The highest BCUT2D eigenvalue weighted by molar-refractivity contribution is 5.75. The molecular formula is C21H24FN5O3. The molecular weight excluding hydrogens is 389 g/mol. The molecule has 0 aliphatic heterocycles. The summed E-state index contributed by atoms with van der Waals surface area (Å²) >= 11 is 0. The van der Waals surface area contributed by atoms with Crippen LogP contribution in [0.15, 0.2) is 54.6 Å². The van der Waals surface area contributed by atoms with Gasteiger partial charge in [-0.05, 0) is 50.3 Å². The Morgan fingerprint density at radius 2 is 1.80 bits per heavy atom. The number of rotatable bonds is 7. The highest BCUT2D eigenvalue weighted by Crippen LogP contribution is 2.24. The zero-order valence-corrected chi connectivity index (χ0v) is 16.8. The van der Waals surface area contributed by atoms with Crippen LogP contribution in [0.1, 0.15) is 23.3 Å². The van der Waals surface area contributed by atoms with Crippen LogP contribution in [0, 0.1) is 5.82 Å². The van der Waals surface area contributed by atoms with Crippen LogP contribution in [0.2, 0.25) is 0 Å². The molecule has 158 valence electrons. The number of benzene rings is 2. The average Bonchev–Trinajstić information content (AvgIpc) is 3.10. The Morgan fingerprint density at radius 1 is 1.20 bits per heavy atom. The number of hydrogen-bond donors (Lipinski definition) is 2. The summed E-state index contributed by atoms with van der Waals surface area (Å²) in [4.78, 5) is 26.3. The molecule has 0 spiro atoms. The Bertz CT molecular complexity index is 959. The lowest BCUT2D eigenvalue weighted by Crippen LogP contribution is -2.25. The molecule has 0 aliphatic carbocycles. The van der Waals surface area contributed by atoms with Crippen LogP contribution in [0.25, 0.3) is 5.69 Å². The third-order valence-corrected chi connectivity index (χ3v) is 4.27. The third-order valence-electron chi connectivity index (χ3n) is 4.27. The number of primary amides is 1.